The number of anilines is 2. The van der Waals surface area contributed by atoms with Crippen molar-refractivity contribution in [2.24, 2.45) is 0 Å². The Hall–Kier alpha value is -2.80. The molecule has 0 aliphatic heterocycles. The van der Waals surface area contributed by atoms with Crippen LogP contribution in [0.4, 0.5) is 11.4 Å². The number of ether oxygens (including phenoxy) is 1. The summed E-state index contributed by atoms with van der Waals surface area (Å²) in [5, 5.41) is 2.79. The van der Waals surface area contributed by atoms with Crippen molar-refractivity contribution in [3.63, 3.8) is 0 Å². The lowest BCUT2D eigenvalue weighted by atomic mass is 10.2. The highest BCUT2D eigenvalue weighted by Gasteiger charge is 2.07. The highest BCUT2D eigenvalue weighted by Crippen LogP contribution is 2.24. The minimum Gasteiger partial charge on any atom is -0.489 e. The Bertz CT molecular complexity index is 888. The first kappa shape index (κ1) is 19.5. The van der Waals surface area contributed by atoms with Gasteiger partial charge in [-0.15, -0.1) is 0 Å². The molecule has 0 aromatic heterocycles. The largest absolute Gasteiger partial charge is 0.489 e. The van der Waals surface area contributed by atoms with E-state index in [2.05, 4.69) is 10.0 Å². The summed E-state index contributed by atoms with van der Waals surface area (Å²) in [6.45, 7) is 3.83. The number of carbonyl (C=O) groups excluding carboxylic acids is 1. The molecular weight excluding hydrogens is 352 g/mol. The standard InChI is InChI=1S/C19H22N2O4S/c1-14(2)25-18-7-5-4-6-17(18)20-19(22)13-10-15-8-11-16(12-9-15)21-26(3,23)24/h4-14,21H,1-3H3,(H,20,22)/b13-10+. The lowest BCUT2D eigenvalue weighted by molar-refractivity contribution is -0.111. The molecule has 7 heteroatoms. The van der Waals surface area contributed by atoms with Crippen molar-refractivity contribution in [2.45, 2.75) is 20.0 Å². The van der Waals surface area contributed by atoms with Crippen molar-refractivity contribution in [1.82, 2.24) is 0 Å². The molecule has 6 nitrogen and oxygen atoms in total. The molecule has 0 heterocycles. The SMILES string of the molecule is CC(C)Oc1ccccc1NC(=O)/C=C/c1ccc(NS(C)(=O)=O)cc1. The van der Waals surface area contributed by atoms with Gasteiger partial charge in [-0.05, 0) is 49.8 Å². The predicted molar refractivity (Wildman–Crippen MR) is 105 cm³/mol. The van der Waals surface area contributed by atoms with Gasteiger partial charge in [-0.1, -0.05) is 24.3 Å². The van der Waals surface area contributed by atoms with Crippen molar-refractivity contribution >= 4 is 33.4 Å². The molecule has 0 aliphatic rings. The summed E-state index contributed by atoms with van der Waals surface area (Å²) in [6.07, 6.45) is 4.14. The van der Waals surface area contributed by atoms with Crippen molar-refractivity contribution in [1.29, 1.82) is 0 Å². The van der Waals surface area contributed by atoms with Gasteiger partial charge in [0, 0.05) is 11.8 Å². The first-order valence-corrected chi connectivity index (χ1v) is 9.95. The summed E-state index contributed by atoms with van der Waals surface area (Å²) < 4.78 is 30.4. The van der Waals surface area contributed by atoms with E-state index >= 15 is 0 Å². The van der Waals surface area contributed by atoms with Crippen LogP contribution in [0.5, 0.6) is 5.75 Å². The smallest absolute Gasteiger partial charge is 0.248 e. The van der Waals surface area contributed by atoms with E-state index in [4.69, 9.17) is 4.74 Å². The number of carbonyl (C=O) groups is 1. The fraction of sp³-hybridized carbons (Fsp3) is 0.211. The van der Waals surface area contributed by atoms with Crippen LogP contribution in [-0.2, 0) is 14.8 Å². The lowest BCUT2D eigenvalue weighted by Gasteiger charge is -2.14. The van der Waals surface area contributed by atoms with Gasteiger partial charge < -0.3 is 10.1 Å². The number of amides is 1. The third kappa shape index (κ3) is 6.60. The zero-order chi connectivity index (χ0) is 19.2. The van der Waals surface area contributed by atoms with Gasteiger partial charge in [-0.3, -0.25) is 9.52 Å². The zero-order valence-electron chi connectivity index (χ0n) is 14.9. The first-order valence-electron chi connectivity index (χ1n) is 8.05. The topological polar surface area (TPSA) is 84.5 Å². The summed E-state index contributed by atoms with van der Waals surface area (Å²) in [5.74, 6) is 0.323. The lowest BCUT2D eigenvalue weighted by Crippen LogP contribution is -2.12. The summed E-state index contributed by atoms with van der Waals surface area (Å²) in [7, 11) is -3.31. The van der Waals surface area contributed by atoms with E-state index in [0.717, 1.165) is 11.8 Å². The molecule has 0 unspecified atom stereocenters. The van der Waals surface area contributed by atoms with Crippen molar-refractivity contribution in [3.8, 4) is 5.75 Å². The van der Waals surface area contributed by atoms with Gasteiger partial charge in [0.25, 0.3) is 0 Å². The molecule has 0 aliphatic carbocycles. The molecule has 2 aromatic carbocycles. The third-order valence-electron chi connectivity index (χ3n) is 3.15. The van der Waals surface area contributed by atoms with Gasteiger partial charge >= 0.3 is 0 Å². The second-order valence-corrected chi connectivity index (χ2v) is 7.73. The van der Waals surface area contributed by atoms with E-state index in [-0.39, 0.29) is 12.0 Å². The predicted octanol–water partition coefficient (Wildman–Crippen LogP) is 3.50. The second-order valence-electron chi connectivity index (χ2n) is 5.98. The molecule has 0 fully saturated rings. The van der Waals surface area contributed by atoms with Crippen LogP contribution in [0.15, 0.2) is 54.6 Å². The number of hydrogen-bond donors (Lipinski definition) is 2. The fourth-order valence-corrected chi connectivity index (χ4v) is 2.71. The van der Waals surface area contributed by atoms with Crippen molar-refractivity contribution in [3.05, 3.63) is 60.2 Å². The molecule has 0 saturated heterocycles. The number of sulfonamides is 1. The van der Waals surface area contributed by atoms with Crippen LogP contribution in [0.25, 0.3) is 6.08 Å². The van der Waals surface area contributed by atoms with Gasteiger partial charge in [-0.25, -0.2) is 8.42 Å². The van der Waals surface area contributed by atoms with Crippen LogP contribution in [-0.4, -0.2) is 26.7 Å². The quantitative estimate of drug-likeness (QED) is 0.727. The van der Waals surface area contributed by atoms with E-state index in [1.165, 1.54) is 6.08 Å². The highest BCUT2D eigenvalue weighted by molar-refractivity contribution is 7.92. The Morgan fingerprint density at radius 1 is 1.08 bits per heavy atom. The molecule has 138 valence electrons. The maximum absolute atomic E-state index is 12.1. The van der Waals surface area contributed by atoms with Crippen LogP contribution in [0.2, 0.25) is 0 Å². The van der Waals surface area contributed by atoms with Crippen LogP contribution < -0.4 is 14.8 Å². The number of para-hydroxylation sites is 2. The highest BCUT2D eigenvalue weighted by atomic mass is 32.2. The number of benzene rings is 2. The monoisotopic (exact) mass is 374 g/mol. The fourth-order valence-electron chi connectivity index (χ4n) is 2.15. The Morgan fingerprint density at radius 3 is 2.35 bits per heavy atom. The summed E-state index contributed by atoms with van der Waals surface area (Å²) in [4.78, 5) is 12.1. The normalized spacial score (nSPS) is 11.5. The van der Waals surface area contributed by atoms with Gasteiger partial charge in [-0.2, -0.15) is 0 Å². The number of hydrogen-bond acceptors (Lipinski definition) is 4. The van der Waals surface area contributed by atoms with Gasteiger partial charge in [0.1, 0.15) is 5.75 Å². The maximum Gasteiger partial charge on any atom is 0.248 e. The van der Waals surface area contributed by atoms with Gasteiger partial charge in [0.15, 0.2) is 0 Å². The molecule has 0 bridgehead atoms. The Kier molecular flexibility index (Phi) is 6.41. The van der Waals surface area contributed by atoms with Crippen LogP contribution >= 0.6 is 0 Å². The molecule has 0 spiro atoms. The Labute approximate surface area is 153 Å². The van der Waals surface area contributed by atoms with Crippen LogP contribution in [0.1, 0.15) is 19.4 Å². The molecule has 2 aromatic rings. The molecule has 26 heavy (non-hydrogen) atoms. The summed E-state index contributed by atoms with van der Waals surface area (Å²) in [5.41, 5.74) is 1.84. The minimum absolute atomic E-state index is 0.00246. The molecule has 2 rings (SSSR count). The van der Waals surface area contributed by atoms with E-state index < -0.39 is 10.0 Å². The average molecular weight is 374 g/mol. The maximum atomic E-state index is 12.1. The Morgan fingerprint density at radius 2 is 1.73 bits per heavy atom. The number of nitrogens with one attached hydrogen (secondary N) is 2. The number of rotatable bonds is 7. The summed E-state index contributed by atoms with van der Waals surface area (Å²) in [6, 6.07) is 13.9. The van der Waals surface area contributed by atoms with E-state index in [1.54, 1.807) is 42.5 Å². The average Bonchev–Trinajstić information content (AvgIpc) is 2.54. The first-order chi connectivity index (χ1) is 12.2. The molecule has 0 atom stereocenters. The van der Waals surface area contributed by atoms with E-state index in [0.29, 0.717) is 17.1 Å². The minimum atomic E-state index is -3.31. The van der Waals surface area contributed by atoms with E-state index in [9.17, 15) is 13.2 Å². The van der Waals surface area contributed by atoms with Crippen LogP contribution in [0.3, 0.4) is 0 Å². The van der Waals surface area contributed by atoms with Crippen molar-refractivity contribution in [2.75, 3.05) is 16.3 Å². The molecular formula is C19H22N2O4S. The zero-order valence-corrected chi connectivity index (χ0v) is 15.7. The van der Waals surface area contributed by atoms with E-state index in [1.807, 2.05) is 26.0 Å². The van der Waals surface area contributed by atoms with Gasteiger partial charge in [0.05, 0.1) is 18.0 Å². The summed E-state index contributed by atoms with van der Waals surface area (Å²) >= 11 is 0. The van der Waals surface area contributed by atoms with Crippen molar-refractivity contribution < 1.29 is 17.9 Å². The van der Waals surface area contributed by atoms with Gasteiger partial charge in [0.2, 0.25) is 15.9 Å². The second kappa shape index (κ2) is 8.53. The molecule has 1 amide bonds. The Balaban J connectivity index is 2.02. The molecule has 2 N–H and O–H groups in total. The molecule has 0 saturated carbocycles. The third-order valence-corrected chi connectivity index (χ3v) is 3.76. The molecule has 0 radical (unpaired) electrons. The van der Waals surface area contributed by atoms with Crippen LogP contribution in [0, 0.1) is 0 Å².